The molecule has 12 heavy (non-hydrogen) atoms. The average molecular weight is 186 g/mol. The molecule has 70 valence electrons. The molecule has 0 unspecified atom stereocenters. The minimum atomic E-state index is 0.444. The van der Waals surface area contributed by atoms with E-state index in [0.717, 1.165) is 5.11 Å². The maximum atomic E-state index is 5.24. The molecule has 1 rings (SSSR count). The van der Waals surface area contributed by atoms with Gasteiger partial charge in [0.1, 0.15) is 0 Å². The molecule has 0 amide bonds. The van der Waals surface area contributed by atoms with Crippen LogP contribution in [0.4, 0.5) is 0 Å². The summed E-state index contributed by atoms with van der Waals surface area (Å²) in [4.78, 5) is 2.19. The number of nitrogens with zero attached hydrogens (tertiary/aromatic N) is 1. The minimum Gasteiger partial charge on any atom is -0.360 e. The van der Waals surface area contributed by atoms with E-state index in [1.807, 2.05) is 0 Å². The van der Waals surface area contributed by atoms with E-state index in [4.69, 9.17) is 12.2 Å². The molecule has 0 bridgehead atoms. The zero-order valence-electron chi connectivity index (χ0n) is 8.13. The van der Waals surface area contributed by atoms with Gasteiger partial charge in [-0.3, -0.25) is 0 Å². The van der Waals surface area contributed by atoms with Crippen molar-refractivity contribution in [2.45, 2.75) is 45.2 Å². The van der Waals surface area contributed by atoms with Crippen LogP contribution in [0.2, 0.25) is 0 Å². The molecule has 1 saturated carbocycles. The standard InChI is InChI=1S/C9H18N2S/c1-7(2)10-9(12)11(3)8-5-4-6-8/h7-8H,4-6H2,1-3H3,(H,10,12). The minimum absolute atomic E-state index is 0.444. The van der Waals surface area contributed by atoms with Gasteiger partial charge in [0.15, 0.2) is 5.11 Å². The van der Waals surface area contributed by atoms with E-state index in [-0.39, 0.29) is 0 Å². The Balaban J connectivity index is 2.30. The summed E-state index contributed by atoms with van der Waals surface area (Å²) in [6, 6.07) is 1.14. The predicted molar refractivity (Wildman–Crippen MR) is 56.3 cm³/mol. The van der Waals surface area contributed by atoms with Gasteiger partial charge in [-0.15, -0.1) is 0 Å². The molecule has 1 N–H and O–H groups in total. The van der Waals surface area contributed by atoms with Crippen molar-refractivity contribution in [2.24, 2.45) is 0 Å². The van der Waals surface area contributed by atoms with Crippen molar-refractivity contribution in [3.05, 3.63) is 0 Å². The molecule has 1 aliphatic rings. The summed E-state index contributed by atoms with van der Waals surface area (Å²) in [5, 5.41) is 4.15. The number of rotatable bonds is 2. The third-order valence-electron chi connectivity index (χ3n) is 2.35. The largest absolute Gasteiger partial charge is 0.360 e. The van der Waals surface area contributed by atoms with Gasteiger partial charge in [0.05, 0.1) is 0 Å². The molecule has 3 heteroatoms. The summed E-state index contributed by atoms with van der Waals surface area (Å²) in [7, 11) is 2.08. The summed E-state index contributed by atoms with van der Waals surface area (Å²) >= 11 is 5.24. The first kappa shape index (κ1) is 9.78. The van der Waals surface area contributed by atoms with E-state index in [1.165, 1.54) is 19.3 Å². The second-order valence-corrected chi connectivity index (χ2v) is 4.19. The van der Waals surface area contributed by atoms with Crippen molar-refractivity contribution in [2.75, 3.05) is 7.05 Å². The Morgan fingerprint density at radius 3 is 2.42 bits per heavy atom. The highest BCUT2D eigenvalue weighted by molar-refractivity contribution is 7.80. The first-order valence-electron chi connectivity index (χ1n) is 4.64. The number of thiocarbonyl (C=S) groups is 1. The Morgan fingerprint density at radius 2 is 2.08 bits per heavy atom. The van der Waals surface area contributed by atoms with Crippen LogP contribution < -0.4 is 5.32 Å². The maximum Gasteiger partial charge on any atom is 0.169 e. The Kier molecular flexibility index (Phi) is 3.32. The molecule has 0 saturated heterocycles. The molecule has 0 aliphatic heterocycles. The van der Waals surface area contributed by atoms with E-state index in [2.05, 4.69) is 31.1 Å². The van der Waals surface area contributed by atoms with Crippen molar-refractivity contribution in [1.29, 1.82) is 0 Å². The van der Waals surface area contributed by atoms with Crippen molar-refractivity contribution in [1.82, 2.24) is 10.2 Å². The van der Waals surface area contributed by atoms with Crippen LogP contribution in [-0.4, -0.2) is 29.1 Å². The predicted octanol–water partition coefficient (Wildman–Crippen LogP) is 1.75. The summed E-state index contributed by atoms with van der Waals surface area (Å²) in [6.07, 6.45) is 3.96. The van der Waals surface area contributed by atoms with Crippen LogP contribution in [0.3, 0.4) is 0 Å². The summed E-state index contributed by atoms with van der Waals surface area (Å²) in [6.45, 7) is 4.22. The highest BCUT2D eigenvalue weighted by Crippen LogP contribution is 2.23. The zero-order chi connectivity index (χ0) is 9.14. The van der Waals surface area contributed by atoms with E-state index < -0.39 is 0 Å². The second-order valence-electron chi connectivity index (χ2n) is 3.80. The molecule has 1 aliphatic carbocycles. The lowest BCUT2D eigenvalue weighted by atomic mass is 9.92. The van der Waals surface area contributed by atoms with Crippen molar-refractivity contribution in [3.8, 4) is 0 Å². The van der Waals surface area contributed by atoms with Gasteiger partial charge in [0.25, 0.3) is 0 Å². The maximum absolute atomic E-state index is 5.24. The lowest BCUT2D eigenvalue weighted by molar-refractivity contribution is 0.237. The van der Waals surface area contributed by atoms with Gasteiger partial charge in [0.2, 0.25) is 0 Å². The average Bonchev–Trinajstić information content (AvgIpc) is 1.81. The molecule has 0 aromatic rings. The van der Waals surface area contributed by atoms with Gasteiger partial charge in [-0.05, 0) is 45.3 Å². The normalized spacial score (nSPS) is 17.3. The Morgan fingerprint density at radius 1 is 1.50 bits per heavy atom. The molecule has 0 aromatic carbocycles. The van der Waals surface area contributed by atoms with Crippen LogP contribution in [0.25, 0.3) is 0 Å². The molecule has 0 aromatic heterocycles. The molecule has 0 heterocycles. The molecule has 0 spiro atoms. The van der Waals surface area contributed by atoms with Gasteiger partial charge >= 0.3 is 0 Å². The lowest BCUT2D eigenvalue weighted by Crippen LogP contribution is -2.48. The first-order valence-corrected chi connectivity index (χ1v) is 5.05. The lowest BCUT2D eigenvalue weighted by Gasteiger charge is -2.37. The van der Waals surface area contributed by atoms with Crippen molar-refractivity contribution >= 4 is 17.3 Å². The van der Waals surface area contributed by atoms with Gasteiger partial charge < -0.3 is 10.2 Å². The molecule has 0 radical (unpaired) electrons. The van der Waals surface area contributed by atoms with Gasteiger partial charge in [0, 0.05) is 19.1 Å². The SMILES string of the molecule is CC(C)NC(=S)N(C)C1CCC1. The summed E-state index contributed by atoms with van der Waals surface area (Å²) in [5.41, 5.74) is 0. The van der Waals surface area contributed by atoms with Crippen molar-refractivity contribution in [3.63, 3.8) is 0 Å². The van der Waals surface area contributed by atoms with E-state index >= 15 is 0 Å². The second kappa shape index (κ2) is 4.08. The smallest absolute Gasteiger partial charge is 0.169 e. The van der Waals surface area contributed by atoms with Crippen LogP contribution in [0.15, 0.2) is 0 Å². The third-order valence-corrected chi connectivity index (χ3v) is 2.76. The number of hydrogen-bond donors (Lipinski definition) is 1. The monoisotopic (exact) mass is 186 g/mol. The number of nitrogens with one attached hydrogen (secondary N) is 1. The zero-order valence-corrected chi connectivity index (χ0v) is 8.95. The molecule has 2 nitrogen and oxygen atoms in total. The quantitative estimate of drug-likeness (QED) is 0.662. The van der Waals surface area contributed by atoms with Gasteiger partial charge in [-0.1, -0.05) is 0 Å². The van der Waals surface area contributed by atoms with E-state index in [1.54, 1.807) is 0 Å². The fourth-order valence-corrected chi connectivity index (χ4v) is 1.67. The van der Waals surface area contributed by atoms with Crippen LogP contribution in [-0.2, 0) is 0 Å². The van der Waals surface area contributed by atoms with Gasteiger partial charge in [-0.2, -0.15) is 0 Å². The Bertz CT molecular complexity index is 164. The Hall–Kier alpha value is -0.310. The Labute approximate surface area is 80.3 Å². The molecular formula is C9H18N2S. The highest BCUT2D eigenvalue weighted by atomic mass is 32.1. The van der Waals surface area contributed by atoms with E-state index in [9.17, 15) is 0 Å². The molecular weight excluding hydrogens is 168 g/mol. The fourth-order valence-electron chi connectivity index (χ4n) is 1.29. The molecule has 1 fully saturated rings. The van der Waals surface area contributed by atoms with Crippen LogP contribution in [0, 0.1) is 0 Å². The summed E-state index contributed by atoms with van der Waals surface area (Å²) in [5.74, 6) is 0. The number of hydrogen-bond acceptors (Lipinski definition) is 1. The third kappa shape index (κ3) is 2.34. The van der Waals surface area contributed by atoms with Crippen LogP contribution in [0.1, 0.15) is 33.1 Å². The van der Waals surface area contributed by atoms with Crippen LogP contribution in [0.5, 0.6) is 0 Å². The van der Waals surface area contributed by atoms with Crippen molar-refractivity contribution < 1.29 is 0 Å². The highest BCUT2D eigenvalue weighted by Gasteiger charge is 2.23. The topological polar surface area (TPSA) is 15.3 Å². The van der Waals surface area contributed by atoms with E-state index in [0.29, 0.717) is 12.1 Å². The van der Waals surface area contributed by atoms with Gasteiger partial charge in [-0.25, -0.2) is 0 Å². The first-order chi connectivity index (χ1) is 5.61. The summed E-state index contributed by atoms with van der Waals surface area (Å²) < 4.78 is 0. The molecule has 0 atom stereocenters. The van der Waals surface area contributed by atoms with Crippen LogP contribution >= 0.6 is 12.2 Å². The fraction of sp³-hybridized carbons (Fsp3) is 0.889.